The Morgan fingerprint density at radius 3 is 3.00 bits per heavy atom. The summed E-state index contributed by atoms with van der Waals surface area (Å²) < 4.78 is 5.10. The van der Waals surface area contributed by atoms with Crippen LogP contribution in [0.2, 0.25) is 0 Å². The Labute approximate surface area is 54.9 Å². The van der Waals surface area contributed by atoms with E-state index in [9.17, 15) is 0 Å². The van der Waals surface area contributed by atoms with Crippen LogP contribution in [0.4, 0.5) is 0 Å². The predicted molar refractivity (Wildman–Crippen MR) is 35.6 cm³/mol. The van der Waals surface area contributed by atoms with Gasteiger partial charge in [-0.05, 0) is 18.6 Å². The van der Waals surface area contributed by atoms with Crippen molar-refractivity contribution in [1.82, 2.24) is 5.32 Å². The minimum Gasteiger partial charge on any atom is -0.468 e. The molecule has 9 heavy (non-hydrogen) atoms. The maximum atomic E-state index is 5.10. The lowest BCUT2D eigenvalue weighted by molar-refractivity contribution is 0.496. The lowest BCUT2D eigenvalue weighted by Gasteiger charge is -1.93. The Morgan fingerprint density at radius 2 is 2.56 bits per heavy atom. The van der Waals surface area contributed by atoms with E-state index >= 15 is 0 Å². The number of furan rings is 1. The van der Waals surface area contributed by atoms with E-state index in [1.54, 1.807) is 6.26 Å². The van der Waals surface area contributed by atoms with Gasteiger partial charge in [-0.15, -0.1) is 0 Å². The highest BCUT2D eigenvalue weighted by Gasteiger charge is 1.97. The lowest BCUT2D eigenvalue weighted by atomic mass is 10.3. The van der Waals surface area contributed by atoms with Crippen molar-refractivity contribution in [1.29, 1.82) is 0 Å². The van der Waals surface area contributed by atoms with Gasteiger partial charge in [0.05, 0.1) is 12.8 Å². The van der Waals surface area contributed by atoms with Gasteiger partial charge >= 0.3 is 0 Å². The van der Waals surface area contributed by atoms with Crippen LogP contribution in [0.25, 0.3) is 0 Å². The second-order valence-electron chi connectivity index (χ2n) is 1.95. The van der Waals surface area contributed by atoms with Gasteiger partial charge in [0.1, 0.15) is 5.76 Å². The summed E-state index contributed by atoms with van der Waals surface area (Å²) in [6.45, 7) is 2.72. The molecule has 1 radical (unpaired) electrons. The van der Waals surface area contributed by atoms with E-state index in [4.69, 9.17) is 4.42 Å². The first-order chi connectivity index (χ1) is 4.34. The van der Waals surface area contributed by atoms with Gasteiger partial charge in [-0.2, -0.15) is 0 Å². The largest absolute Gasteiger partial charge is 0.468 e. The fourth-order valence-electron chi connectivity index (χ4n) is 0.699. The van der Waals surface area contributed by atoms with Crippen molar-refractivity contribution in [2.75, 3.05) is 0 Å². The molecular formula is C7H10NO. The second kappa shape index (κ2) is 2.69. The zero-order valence-corrected chi connectivity index (χ0v) is 5.48. The molecule has 0 saturated heterocycles. The average Bonchev–Trinajstić information content (AvgIpc) is 2.18. The molecule has 0 amide bonds. The molecular weight excluding hydrogens is 114 g/mol. The summed E-state index contributed by atoms with van der Waals surface area (Å²) in [6, 6.07) is 1.94. The zero-order valence-electron chi connectivity index (χ0n) is 5.48. The van der Waals surface area contributed by atoms with E-state index in [0.717, 1.165) is 5.76 Å². The van der Waals surface area contributed by atoms with Crippen LogP contribution in [-0.2, 0) is 6.54 Å². The van der Waals surface area contributed by atoms with Gasteiger partial charge in [0.15, 0.2) is 0 Å². The first kappa shape index (κ1) is 6.36. The maximum Gasteiger partial charge on any atom is 0.120 e. The van der Waals surface area contributed by atoms with Crippen molar-refractivity contribution in [2.24, 2.45) is 0 Å². The lowest BCUT2D eigenvalue weighted by Crippen LogP contribution is -2.01. The molecule has 1 heterocycles. The first-order valence-electron chi connectivity index (χ1n) is 2.87. The van der Waals surface area contributed by atoms with Crippen molar-refractivity contribution in [3.8, 4) is 0 Å². The third kappa shape index (κ3) is 1.33. The van der Waals surface area contributed by atoms with Crippen molar-refractivity contribution >= 4 is 0 Å². The first-order valence-corrected chi connectivity index (χ1v) is 2.87. The normalized spacial score (nSPS) is 10.0. The predicted octanol–water partition coefficient (Wildman–Crippen LogP) is 1.47. The van der Waals surface area contributed by atoms with Crippen LogP contribution < -0.4 is 5.32 Å². The van der Waals surface area contributed by atoms with Crippen molar-refractivity contribution in [3.05, 3.63) is 30.7 Å². The number of hydrogen-bond donors (Lipinski definition) is 1. The maximum absolute atomic E-state index is 5.10. The molecule has 2 nitrogen and oxygen atoms in total. The highest BCUT2D eigenvalue weighted by Crippen LogP contribution is 2.06. The Morgan fingerprint density at radius 1 is 1.78 bits per heavy atom. The van der Waals surface area contributed by atoms with Crippen molar-refractivity contribution in [3.63, 3.8) is 0 Å². The third-order valence-corrected chi connectivity index (χ3v) is 1.25. The van der Waals surface area contributed by atoms with Gasteiger partial charge in [0.25, 0.3) is 0 Å². The minimum absolute atomic E-state index is 0.707. The summed E-state index contributed by atoms with van der Waals surface area (Å²) in [5.74, 6) is 0.963. The van der Waals surface area contributed by atoms with Crippen LogP contribution in [0.5, 0.6) is 0 Å². The van der Waals surface area contributed by atoms with E-state index in [1.165, 1.54) is 5.56 Å². The van der Waals surface area contributed by atoms with Crippen LogP contribution >= 0.6 is 0 Å². The van der Waals surface area contributed by atoms with Gasteiger partial charge in [0.2, 0.25) is 0 Å². The molecule has 1 rings (SSSR count). The molecule has 0 bridgehead atoms. The van der Waals surface area contributed by atoms with Gasteiger partial charge in [-0.3, -0.25) is 0 Å². The summed E-state index contributed by atoms with van der Waals surface area (Å²) in [5, 5.41) is 2.77. The molecule has 1 N–H and O–H groups in total. The fourth-order valence-corrected chi connectivity index (χ4v) is 0.699. The molecule has 0 spiro atoms. The van der Waals surface area contributed by atoms with Crippen LogP contribution in [0.1, 0.15) is 11.3 Å². The molecule has 0 aliphatic rings. The van der Waals surface area contributed by atoms with E-state index in [0.29, 0.717) is 6.54 Å². The van der Waals surface area contributed by atoms with Crippen LogP contribution in [0, 0.1) is 14.0 Å². The SMILES string of the molecule is [CH2]NCc1occc1C. The fraction of sp³-hybridized carbons (Fsp3) is 0.286. The molecule has 0 atom stereocenters. The molecule has 1 aromatic heterocycles. The number of hydrogen-bond acceptors (Lipinski definition) is 2. The Bertz CT molecular complexity index is 181. The Kier molecular flexibility index (Phi) is 1.90. The molecule has 2 heteroatoms. The summed E-state index contributed by atoms with van der Waals surface area (Å²) in [7, 11) is 3.49. The van der Waals surface area contributed by atoms with E-state index in [1.807, 2.05) is 13.0 Å². The van der Waals surface area contributed by atoms with Crippen molar-refractivity contribution in [2.45, 2.75) is 13.5 Å². The van der Waals surface area contributed by atoms with Gasteiger partial charge in [-0.25, -0.2) is 0 Å². The van der Waals surface area contributed by atoms with Gasteiger partial charge in [-0.1, -0.05) is 0 Å². The van der Waals surface area contributed by atoms with Crippen LogP contribution in [0.3, 0.4) is 0 Å². The second-order valence-corrected chi connectivity index (χ2v) is 1.95. The molecule has 0 aromatic carbocycles. The van der Waals surface area contributed by atoms with Crippen molar-refractivity contribution < 1.29 is 4.42 Å². The molecule has 1 aromatic rings. The monoisotopic (exact) mass is 124 g/mol. The van der Waals surface area contributed by atoms with E-state index in [2.05, 4.69) is 12.4 Å². The smallest absolute Gasteiger partial charge is 0.120 e. The van der Waals surface area contributed by atoms with Crippen LogP contribution in [0.15, 0.2) is 16.7 Å². The van der Waals surface area contributed by atoms with E-state index < -0.39 is 0 Å². The zero-order chi connectivity index (χ0) is 6.69. The summed E-state index contributed by atoms with van der Waals surface area (Å²) in [6.07, 6.45) is 1.68. The Hall–Kier alpha value is -0.760. The summed E-state index contributed by atoms with van der Waals surface area (Å²) in [5.41, 5.74) is 1.17. The molecule has 0 saturated carbocycles. The third-order valence-electron chi connectivity index (χ3n) is 1.25. The van der Waals surface area contributed by atoms with Crippen LogP contribution in [-0.4, -0.2) is 0 Å². The molecule has 0 aliphatic heterocycles. The standard InChI is InChI=1S/C7H10NO/c1-6-3-4-9-7(6)5-8-2/h3-4,8H,2,5H2,1H3. The number of aryl methyl sites for hydroxylation is 1. The summed E-state index contributed by atoms with van der Waals surface area (Å²) in [4.78, 5) is 0. The average molecular weight is 124 g/mol. The molecule has 49 valence electrons. The quantitative estimate of drug-likeness (QED) is 0.645. The minimum atomic E-state index is 0.707. The molecule has 0 unspecified atom stereocenters. The number of nitrogens with one attached hydrogen (secondary N) is 1. The summed E-state index contributed by atoms with van der Waals surface area (Å²) >= 11 is 0. The topological polar surface area (TPSA) is 25.2 Å². The highest BCUT2D eigenvalue weighted by molar-refractivity contribution is 5.13. The molecule has 0 aliphatic carbocycles. The highest BCUT2D eigenvalue weighted by atomic mass is 16.3. The van der Waals surface area contributed by atoms with E-state index in [-0.39, 0.29) is 0 Å². The molecule has 0 fully saturated rings. The van der Waals surface area contributed by atoms with Gasteiger partial charge < -0.3 is 9.73 Å². The number of rotatable bonds is 2. The Balaban J connectivity index is 2.69. The van der Waals surface area contributed by atoms with Gasteiger partial charge in [0, 0.05) is 7.05 Å².